The van der Waals surface area contributed by atoms with E-state index >= 15 is 0 Å². The van der Waals surface area contributed by atoms with Gasteiger partial charge in [-0.15, -0.1) is 0 Å². The molecule has 3 rings (SSSR count). The number of aromatic nitrogens is 2. The van der Waals surface area contributed by atoms with Crippen molar-refractivity contribution in [3.8, 4) is 0 Å². The second kappa shape index (κ2) is 6.05. The maximum absolute atomic E-state index is 5.14. The lowest BCUT2D eigenvalue weighted by molar-refractivity contribution is 0.0288. The van der Waals surface area contributed by atoms with Gasteiger partial charge in [0.15, 0.2) is 5.82 Å². The summed E-state index contributed by atoms with van der Waals surface area (Å²) in [6.07, 6.45) is 6.71. The number of nitrogens with one attached hydrogen (secondary N) is 1. The first-order chi connectivity index (χ1) is 10.1. The first-order valence-electron chi connectivity index (χ1n) is 8.36. The van der Waals surface area contributed by atoms with Gasteiger partial charge < -0.3 is 9.84 Å². The van der Waals surface area contributed by atoms with Crippen molar-refractivity contribution in [2.75, 3.05) is 13.1 Å². The number of nitrogens with zero attached hydrogens (tertiary/aromatic N) is 3. The van der Waals surface area contributed by atoms with Crippen LogP contribution in [0.2, 0.25) is 0 Å². The van der Waals surface area contributed by atoms with Gasteiger partial charge >= 0.3 is 0 Å². The van der Waals surface area contributed by atoms with E-state index < -0.39 is 0 Å². The molecule has 1 aromatic rings. The van der Waals surface area contributed by atoms with E-state index in [2.05, 4.69) is 34.2 Å². The molecule has 21 heavy (non-hydrogen) atoms. The Balaban J connectivity index is 1.74. The monoisotopic (exact) mass is 292 g/mol. The summed E-state index contributed by atoms with van der Waals surface area (Å²) in [6.45, 7) is 9.47. The number of hydrogen-bond donors (Lipinski definition) is 1. The molecule has 118 valence electrons. The standard InChI is InChI=1S/C16H28N4O/c1-12(2)14-9-17-16(7-5-4-6-8-16)11-20(14)10-15-18-13(3)21-19-15/h12,14,17H,4-11H2,1-3H3. The topological polar surface area (TPSA) is 54.2 Å². The van der Waals surface area contributed by atoms with Crippen LogP contribution < -0.4 is 5.32 Å². The molecule has 1 aliphatic heterocycles. The van der Waals surface area contributed by atoms with Crippen molar-refractivity contribution >= 4 is 0 Å². The third kappa shape index (κ3) is 3.29. The highest BCUT2D eigenvalue weighted by molar-refractivity contribution is 5.01. The molecule has 0 aromatic carbocycles. The molecule has 0 radical (unpaired) electrons. The predicted octanol–water partition coefficient (Wildman–Crippen LogP) is 2.51. The van der Waals surface area contributed by atoms with Gasteiger partial charge in [-0.2, -0.15) is 4.98 Å². The van der Waals surface area contributed by atoms with Gasteiger partial charge in [-0.05, 0) is 18.8 Å². The number of piperazine rings is 1. The lowest BCUT2D eigenvalue weighted by Crippen LogP contribution is -2.65. The highest BCUT2D eigenvalue weighted by Gasteiger charge is 2.40. The van der Waals surface area contributed by atoms with Gasteiger partial charge in [0.25, 0.3) is 0 Å². The van der Waals surface area contributed by atoms with Crippen LogP contribution in [0.3, 0.4) is 0 Å². The van der Waals surface area contributed by atoms with E-state index in [-0.39, 0.29) is 0 Å². The van der Waals surface area contributed by atoms with Gasteiger partial charge in [0.2, 0.25) is 5.89 Å². The van der Waals surface area contributed by atoms with Crippen LogP contribution in [0.5, 0.6) is 0 Å². The molecular weight excluding hydrogens is 264 g/mol. The largest absolute Gasteiger partial charge is 0.340 e. The Morgan fingerprint density at radius 1 is 1.33 bits per heavy atom. The van der Waals surface area contributed by atoms with Crippen LogP contribution in [-0.2, 0) is 6.54 Å². The Morgan fingerprint density at radius 2 is 2.10 bits per heavy atom. The summed E-state index contributed by atoms with van der Waals surface area (Å²) in [5.74, 6) is 2.12. The molecule has 1 unspecified atom stereocenters. The SMILES string of the molecule is Cc1nc(CN2CC3(CCCCC3)NCC2C(C)C)no1. The van der Waals surface area contributed by atoms with E-state index in [0.29, 0.717) is 23.4 Å². The van der Waals surface area contributed by atoms with Crippen LogP contribution in [0.4, 0.5) is 0 Å². The molecule has 2 aliphatic rings. The first kappa shape index (κ1) is 15.0. The minimum Gasteiger partial charge on any atom is -0.340 e. The quantitative estimate of drug-likeness (QED) is 0.927. The van der Waals surface area contributed by atoms with E-state index in [4.69, 9.17) is 4.52 Å². The van der Waals surface area contributed by atoms with Crippen molar-refractivity contribution in [1.82, 2.24) is 20.4 Å². The molecule has 0 bridgehead atoms. The number of aryl methyl sites for hydroxylation is 1. The predicted molar refractivity (Wildman–Crippen MR) is 81.9 cm³/mol. The smallest absolute Gasteiger partial charge is 0.223 e. The molecule has 1 saturated heterocycles. The van der Waals surface area contributed by atoms with Crippen LogP contribution in [0.1, 0.15) is 57.7 Å². The molecular formula is C16H28N4O. The lowest BCUT2D eigenvalue weighted by Gasteiger charge is -2.50. The van der Waals surface area contributed by atoms with E-state index in [9.17, 15) is 0 Å². The molecule has 5 nitrogen and oxygen atoms in total. The van der Waals surface area contributed by atoms with Gasteiger partial charge in [0.05, 0.1) is 6.54 Å². The summed E-state index contributed by atoms with van der Waals surface area (Å²) >= 11 is 0. The van der Waals surface area contributed by atoms with E-state index in [1.54, 1.807) is 0 Å². The number of rotatable bonds is 3. The van der Waals surface area contributed by atoms with Crippen LogP contribution >= 0.6 is 0 Å². The molecule has 1 spiro atoms. The average molecular weight is 292 g/mol. The summed E-state index contributed by atoms with van der Waals surface area (Å²) < 4.78 is 5.14. The second-order valence-electron chi connectivity index (χ2n) is 7.17. The van der Waals surface area contributed by atoms with Crippen LogP contribution in [0.25, 0.3) is 0 Å². The van der Waals surface area contributed by atoms with Crippen molar-refractivity contribution < 1.29 is 4.52 Å². The molecule has 1 aromatic heterocycles. The molecule has 1 aliphatic carbocycles. The average Bonchev–Trinajstić information content (AvgIpc) is 2.85. The van der Waals surface area contributed by atoms with E-state index in [0.717, 1.165) is 25.5 Å². The molecule has 1 saturated carbocycles. The van der Waals surface area contributed by atoms with Gasteiger partial charge in [-0.3, -0.25) is 4.90 Å². The molecule has 2 fully saturated rings. The van der Waals surface area contributed by atoms with Crippen molar-refractivity contribution in [2.45, 2.75) is 71.0 Å². The zero-order chi connectivity index (χ0) is 14.9. The summed E-state index contributed by atoms with van der Waals surface area (Å²) in [5, 5.41) is 7.97. The van der Waals surface area contributed by atoms with Crippen LogP contribution in [-0.4, -0.2) is 39.7 Å². The zero-order valence-electron chi connectivity index (χ0n) is 13.6. The fraction of sp³-hybridized carbons (Fsp3) is 0.875. The Kier molecular flexibility index (Phi) is 4.31. The van der Waals surface area contributed by atoms with Gasteiger partial charge in [-0.1, -0.05) is 38.3 Å². The highest BCUT2D eigenvalue weighted by atomic mass is 16.5. The molecule has 1 atom stereocenters. The second-order valence-corrected chi connectivity index (χ2v) is 7.17. The highest BCUT2D eigenvalue weighted by Crippen LogP contribution is 2.33. The summed E-state index contributed by atoms with van der Waals surface area (Å²) in [4.78, 5) is 6.97. The molecule has 2 heterocycles. The molecule has 5 heteroatoms. The summed E-state index contributed by atoms with van der Waals surface area (Å²) in [5.41, 5.74) is 0.322. The van der Waals surface area contributed by atoms with Crippen molar-refractivity contribution in [2.24, 2.45) is 5.92 Å². The Bertz CT molecular complexity index is 465. The van der Waals surface area contributed by atoms with Crippen molar-refractivity contribution in [3.05, 3.63) is 11.7 Å². The van der Waals surface area contributed by atoms with Gasteiger partial charge in [0.1, 0.15) is 0 Å². The fourth-order valence-electron chi connectivity index (χ4n) is 3.99. The Hall–Kier alpha value is -0.940. The van der Waals surface area contributed by atoms with Crippen LogP contribution in [0, 0.1) is 12.8 Å². The molecule has 1 N–H and O–H groups in total. The normalized spacial score (nSPS) is 26.6. The van der Waals surface area contributed by atoms with Crippen LogP contribution in [0.15, 0.2) is 4.52 Å². The fourth-order valence-corrected chi connectivity index (χ4v) is 3.99. The maximum atomic E-state index is 5.14. The van der Waals surface area contributed by atoms with E-state index in [1.165, 1.54) is 32.1 Å². The van der Waals surface area contributed by atoms with Crippen molar-refractivity contribution in [1.29, 1.82) is 0 Å². The van der Waals surface area contributed by atoms with E-state index in [1.807, 2.05) is 6.92 Å². The van der Waals surface area contributed by atoms with Gasteiger partial charge in [0, 0.05) is 31.6 Å². The molecule has 0 amide bonds. The van der Waals surface area contributed by atoms with Gasteiger partial charge in [-0.25, -0.2) is 0 Å². The Morgan fingerprint density at radius 3 is 2.71 bits per heavy atom. The zero-order valence-corrected chi connectivity index (χ0v) is 13.6. The lowest BCUT2D eigenvalue weighted by atomic mass is 9.78. The van der Waals surface area contributed by atoms with Crippen molar-refractivity contribution in [3.63, 3.8) is 0 Å². The minimum absolute atomic E-state index is 0.322. The summed E-state index contributed by atoms with van der Waals surface area (Å²) in [7, 11) is 0. The Labute approximate surface area is 127 Å². The third-order valence-corrected chi connectivity index (χ3v) is 5.16. The number of hydrogen-bond acceptors (Lipinski definition) is 5. The first-order valence-corrected chi connectivity index (χ1v) is 8.36. The third-order valence-electron chi connectivity index (χ3n) is 5.16. The maximum Gasteiger partial charge on any atom is 0.223 e. The minimum atomic E-state index is 0.322. The summed E-state index contributed by atoms with van der Waals surface area (Å²) in [6, 6.07) is 0.552.